The second-order valence-electron chi connectivity index (χ2n) is 8.73. The number of aromatic amines is 1. The Labute approximate surface area is 177 Å². The lowest BCUT2D eigenvalue weighted by atomic mass is 9.89. The maximum Gasteiger partial charge on any atom is 0.251 e. The molecule has 1 fully saturated rings. The highest BCUT2D eigenvalue weighted by atomic mass is 16.1. The molecule has 0 bridgehead atoms. The number of pyridine rings is 1. The molecular formula is C25H30N4O. The average Bonchev–Trinajstić information content (AvgIpc) is 3.18. The number of hydrogen-bond donors (Lipinski definition) is 3. The standard InChI is InChI=1S/C25H30N4O/c30-25(27-16-19-9-4-5-14-26-19)17-12-13-22-21(15-17)20-10-6-11-23(24(20)29-22)28-18-7-2-1-3-8-18/h4-5,9,12-15,18,23,28-29H,1-3,6-8,10-11,16H2,(H,27,30). The molecule has 156 valence electrons. The smallest absolute Gasteiger partial charge is 0.251 e. The van der Waals surface area contributed by atoms with Crippen LogP contribution in [-0.4, -0.2) is 21.9 Å². The summed E-state index contributed by atoms with van der Waals surface area (Å²) < 4.78 is 0. The van der Waals surface area contributed by atoms with Crippen molar-refractivity contribution >= 4 is 16.8 Å². The average molecular weight is 403 g/mol. The van der Waals surface area contributed by atoms with Crippen molar-refractivity contribution in [2.24, 2.45) is 0 Å². The summed E-state index contributed by atoms with van der Waals surface area (Å²) in [6.45, 7) is 0.441. The van der Waals surface area contributed by atoms with Gasteiger partial charge < -0.3 is 15.6 Å². The van der Waals surface area contributed by atoms with Crippen molar-refractivity contribution in [2.75, 3.05) is 0 Å². The number of aryl methyl sites for hydroxylation is 1. The molecule has 0 saturated heterocycles. The Morgan fingerprint density at radius 1 is 1.07 bits per heavy atom. The minimum Gasteiger partial charge on any atom is -0.357 e. The van der Waals surface area contributed by atoms with Crippen LogP contribution in [0.2, 0.25) is 0 Å². The highest BCUT2D eigenvalue weighted by Crippen LogP contribution is 2.36. The molecule has 0 spiro atoms. The fourth-order valence-corrected chi connectivity index (χ4v) is 5.10. The summed E-state index contributed by atoms with van der Waals surface area (Å²) in [5.41, 5.74) is 5.44. The van der Waals surface area contributed by atoms with Gasteiger partial charge in [0.2, 0.25) is 0 Å². The molecule has 2 aliphatic rings. The van der Waals surface area contributed by atoms with E-state index in [0.717, 1.165) is 17.6 Å². The van der Waals surface area contributed by atoms with E-state index in [1.54, 1.807) is 6.20 Å². The van der Waals surface area contributed by atoms with E-state index in [4.69, 9.17) is 0 Å². The van der Waals surface area contributed by atoms with Gasteiger partial charge in [-0.05, 0) is 68.0 Å². The SMILES string of the molecule is O=C(NCc1ccccn1)c1ccc2[nH]c3c(c2c1)CCCC3NC1CCCCC1. The predicted molar refractivity (Wildman–Crippen MR) is 119 cm³/mol. The van der Waals surface area contributed by atoms with Gasteiger partial charge in [0.15, 0.2) is 0 Å². The van der Waals surface area contributed by atoms with E-state index in [1.165, 1.54) is 61.6 Å². The number of hydrogen-bond acceptors (Lipinski definition) is 3. The monoisotopic (exact) mass is 402 g/mol. The maximum atomic E-state index is 12.7. The van der Waals surface area contributed by atoms with Crippen molar-refractivity contribution in [2.45, 2.75) is 70.0 Å². The molecule has 30 heavy (non-hydrogen) atoms. The fourth-order valence-electron chi connectivity index (χ4n) is 5.10. The Morgan fingerprint density at radius 3 is 2.80 bits per heavy atom. The highest BCUT2D eigenvalue weighted by Gasteiger charge is 2.27. The molecule has 2 heterocycles. The first-order valence-electron chi connectivity index (χ1n) is 11.4. The largest absolute Gasteiger partial charge is 0.357 e. The van der Waals surface area contributed by atoms with Crippen molar-refractivity contribution < 1.29 is 4.79 Å². The topological polar surface area (TPSA) is 69.8 Å². The molecule has 1 aromatic carbocycles. The molecule has 1 amide bonds. The van der Waals surface area contributed by atoms with E-state index in [-0.39, 0.29) is 5.91 Å². The number of rotatable bonds is 5. The number of carbonyl (C=O) groups excluding carboxylic acids is 1. The first-order valence-corrected chi connectivity index (χ1v) is 11.4. The Kier molecular flexibility index (Phi) is 5.54. The molecule has 1 saturated carbocycles. The maximum absolute atomic E-state index is 12.7. The van der Waals surface area contributed by atoms with Gasteiger partial charge in [-0.1, -0.05) is 25.3 Å². The zero-order valence-electron chi connectivity index (χ0n) is 17.4. The van der Waals surface area contributed by atoms with Gasteiger partial charge >= 0.3 is 0 Å². The van der Waals surface area contributed by atoms with Gasteiger partial charge in [-0.2, -0.15) is 0 Å². The van der Waals surface area contributed by atoms with Crippen LogP contribution < -0.4 is 10.6 Å². The Bertz CT molecular complexity index is 1020. The van der Waals surface area contributed by atoms with Crippen molar-refractivity contribution in [3.8, 4) is 0 Å². The molecule has 5 rings (SSSR count). The van der Waals surface area contributed by atoms with Crippen LogP contribution in [-0.2, 0) is 13.0 Å². The first-order chi connectivity index (χ1) is 14.8. The van der Waals surface area contributed by atoms with Crippen LogP contribution in [0.5, 0.6) is 0 Å². The van der Waals surface area contributed by atoms with Crippen molar-refractivity contribution in [1.82, 2.24) is 20.6 Å². The molecule has 0 aliphatic heterocycles. The molecule has 5 nitrogen and oxygen atoms in total. The third-order valence-electron chi connectivity index (χ3n) is 6.67. The lowest BCUT2D eigenvalue weighted by Gasteiger charge is -2.31. The Morgan fingerprint density at radius 2 is 1.97 bits per heavy atom. The van der Waals surface area contributed by atoms with Gasteiger partial charge in [0.1, 0.15) is 0 Å². The van der Waals surface area contributed by atoms with Crippen LogP contribution >= 0.6 is 0 Å². The van der Waals surface area contributed by atoms with Gasteiger partial charge in [0.05, 0.1) is 12.2 Å². The van der Waals surface area contributed by atoms with Crippen LogP contribution in [0.25, 0.3) is 10.9 Å². The van der Waals surface area contributed by atoms with Gasteiger partial charge in [-0.15, -0.1) is 0 Å². The van der Waals surface area contributed by atoms with Crippen molar-refractivity contribution in [1.29, 1.82) is 0 Å². The molecule has 1 unspecified atom stereocenters. The van der Waals surface area contributed by atoms with Crippen molar-refractivity contribution in [3.63, 3.8) is 0 Å². The van der Waals surface area contributed by atoms with Crippen LogP contribution in [0, 0.1) is 0 Å². The van der Waals surface area contributed by atoms with E-state index in [2.05, 4.69) is 32.7 Å². The Hall–Kier alpha value is -2.66. The minimum absolute atomic E-state index is 0.0507. The number of benzene rings is 1. The molecule has 0 radical (unpaired) electrons. The second-order valence-corrected chi connectivity index (χ2v) is 8.73. The summed E-state index contributed by atoms with van der Waals surface area (Å²) in [6.07, 6.45) is 11.9. The molecule has 1 atom stereocenters. The lowest BCUT2D eigenvalue weighted by molar-refractivity contribution is 0.0950. The second kappa shape index (κ2) is 8.60. The normalized spacial score (nSPS) is 19.5. The minimum atomic E-state index is -0.0507. The zero-order chi connectivity index (χ0) is 20.3. The summed E-state index contributed by atoms with van der Waals surface area (Å²) in [5, 5.41) is 8.12. The number of amides is 1. The number of nitrogens with zero attached hydrogens (tertiary/aromatic N) is 1. The summed E-state index contributed by atoms with van der Waals surface area (Å²) >= 11 is 0. The van der Waals surface area contributed by atoms with Crippen molar-refractivity contribution in [3.05, 3.63) is 65.1 Å². The van der Waals surface area contributed by atoms with Gasteiger partial charge in [-0.25, -0.2) is 0 Å². The van der Waals surface area contributed by atoms with E-state index < -0.39 is 0 Å². The highest BCUT2D eigenvalue weighted by molar-refractivity contribution is 5.99. The summed E-state index contributed by atoms with van der Waals surface area (Å²) in [6, 6.07) is 12.8. The number of aromatic nitrogens is 2. The van der Waals surface area contributed by atoms with Crippen LogP contribution in [0.15, 0.2) is 42.6 Å². The van der Waals surface area contributed by atoms with Gasteiger partial charge in [0.25, 0.3) is 5.91 Å². The van der Waals surface area contributed by atoms with Crippen LogP contribution in [0.1, 0.15) is 78.3 Å². The predicted octanol–water partition coefficient (Wildman–Crippen LogP) is 4.79. The first kappa shape index (κ1) is 19.3. The third-order valence-corrected chi connectivity index (χ3v) is 6.67. The molecule has 5 heteroatoms. The van der Waals surface area contributed by atoms with E-state index in [0.29, 0.717) is 24.2 Å². The summed E-state index contributed by atoms with van der Waals surface area (Å²) in [7, 11) is 0. The number of fused-ring (bicyclic) bond motifs is 3. The molecular weight excluding hydrogens is 372 g/mol. The summed E-state index contributed by atoms with van der Waals surface area (Å²) in [4.78, 5) is 20.7. The van der Waals surface area contributed by atoms with Gasteiger partial charge in [0, 0.05) is 40.4 Å². The van der Waals surface area contributed by atoms with Gasteiger partial charge in [-0.3, -0.25) is 9.78 Å². The number of H-pyrrole nitrogens is 1. The quantitative estimate of drug-likeness (QED) is 0.574. The van der Waals surface area contributed by atoms with E-state index in [1.807, 2.05) is 24.3 Å². The number of carbonyl (C=O) groups is 1. The Balaban J connectivity index is 1.35. The van der Waals surface area contributed by atoms with Crippen LogP contribution in [0.4, 0.5) is 0 Å². The van der Waals surface area contributed by atoms with Crippen LogP contribution in [0.3, 0.4) is 0 Å². The van der Waals surface area contributed by atoms with E-state index in [9.17, 15) is 4.79 Å². The molecule has 3 N–H and O–H groups in total. The third kappa shape index (κ3) is 3.99. The zero-order valence-corrected chi connectivity index (χ0v) is 17.4. The van der Waals surface area contributed by atoms with E-state index >= 15 is 0 Å². The summed E-state index contributed by atoms with van der Waals surface area (Å²) in [5.74, 6) is -0.0507. The molecule has 3 aromatic rings. The number of nitrogens with one attached hydrogen (secondary N) is 3. The fraction of sp³-hybridized carbons (Fsp3) is 0.440. The lowest BCUT2D eigenvalue weighted by Crippen LogP contribution is -2.36. The molecule has 2 aromatic heterocycles. The molecule has 2 aliphatic carbocycles.